The van der Waals surface area contributed by atoms with Crippen LogP contribution in [-0.2, 0) is 6.54 Å². The van der Waals surface area contributed by atoms with E-state index in [9.17, 15) is 0 Å². The Morgan fingerprint density at radius 3 is 2.31 bits per heavy atom. The van der Waals surface area contributed by atoms with Crippen LogP contribution in [0.5, 0.6) is 17.2 Å². The molecule has 0 aliphatic carbocycles. The average molecular weight is 413 g/mol. The fraction of sp³-hybridized carbons (Fsp3) is 0.238. The van der Waals surface area contributed by atoms with Crippen molar-refractivity contribution in [3.05, 3.63) is 59.9 Å². The first-order chi connectivity index (χ1) is 14.1. The molecule has 7 nitrogen and oxygen atoms in total. The van der Waals surface area contributed by atoms with E-state index in [1.165, 1.54) is 11.8 Å². The van der Waals surface area contributed by atoms with E-state index >= 15 is 0 Å². The Bertz CT molecular complexity index is 917. The number of hydrogen-bond donors (Lipinski definition) is 2. The molecule has 29 heavy (non-hydrogen) atoms. The van der Waals surface area contributed by atoms with Gasteiger partial charge in [0.1, 0.15) is 0 Å². The second kappa shape index (κ2) is 9.88. The number of methoxy groups -OCH3 is 3. The number of ether oxygens (including phenoxy) is 3. The average Bonchev–Trinajstić information content (AvgIpc) is 2.73. The van der Waals surface area contributed by atoms with Crippen molar-refractivity contribution in [2.75, 3.05) is 26.6 Å². The maximum Gasteiger partial charge on any atom is 0.203 e. The molecule has 2 aromatic rings. The summed E-state index contributed by atoms with van der Waals surface area (Å²) in [5.41, 5.74) is 2.94. The van der Waals surface area contributed by atoms with Crippen LogP contribution < -0.4 is 24.8 Å². The van der Waals surface area contributed by atoms with Crippen molar-refractivity contribution < 1.29 is 14.2 Å². The number of aliphatic imine (C=N–C) groups is 2. The Morgan fingerprint density at radius 2 is 1.72 bits per heavy atom. The minimum atomic E-state index is 0.581. The van der Waals surface area contributed by atoms with Crippen molar-refractivity contribution in [1.82, 2.24) is 5.32 Å². The fourth-order valence-corrected chi connectivity index (χ4v) is 3.19. The number of benzene rings is 2. The Labute approximate surface area is 174 Å². The van der Waals surface area contributed by atoms with Crippen LogP contribution in [0.1, 0.15) is 12.5 Å². The molecule has 3 rings (SSSR count). The third kappa shape index (κ3) is 5.45. The zero-order chi connectivity index (χ0) is 20.6. The summed E-state index contributed by atoms with van der Waals surface area (Å²) in [6.45, 7) is 2.55. The lowest BCUT2D eigenvalue weighted by atomic mass is 10.1. The first-order valence-electron chi connectivity index (χ1n) is 8.99. The van der Waals surface area contributed by atoms with E-state index in [1.807, 2.05) is 49.4 Å². The number of rotatable bonds is 8. The molecule has 0 aromatic heterocycles. The molecular weight excluding hydrogens is 388 g/mol. The van der Waals surface area contributed by atoms with Crippen LogP contribution in [0.4, 0.5) is 5.69 Å². The molecular formula is C21H24N4O3S. The summed E-state index contributed by atoms with van der Waals surface area (Å²) in [6.07, 6.45) is 1.77. The quantitative estimate of drug-likeness (QED) is 0.676. The van der Waals surface area contributed by atoms with E-state index in [4.69, 9.17) is 14.2 Å². The molecule has 0 amide bonds. The van der Waals surface area contributed by atoms with Crippen LogP contribution in [0.2, 0.25) is 0 Å². The summed E-state index contributed by atoms with van der Waals surface area (Å²) in [5, 5.41) is 8.12. The molecule has 8 heteroatoms. The number of thioether (sulfide) groups is 1. The fourth-order valence-electron chi connectivity index (χ4n) is 2.61. The predicted octanol–water partition coefficient (Wildman–Crippen LogP) is 4.23. The molecule has 0 atom stereocenters. The predicted molar refractivity (Wildman–Crippen MR) is 119 cm³/mol. The van der Waals surface area contributed by atoms with E-state index in [0.29, 0.717) is 23.8 Å². The van der Waals surface area contributed by atoms with E-state index in [1.54, 1.807) is 27.5 Å². The Balaban J connectivity index is 1.57. The molecule has 0 spiro atoms. The molecule has 2 N–H and O–H groups in total. The van der Waals surface area contributed by atoms with Crippen molar-refractivity contribution >= 4 is 27.8 Å². The summed E-state index contributed by atoms with van der Waals surface area (Å²) < 4.78 is 16.1. The highest BCUT2D eigenvalue weighted by atomic mass is 32.2. The first kappa shape index (κ1) is 20.6. The van der Waals surface area contributed by atoms with Crippen LogP contribution in [0, 0.1) is 0 Å². The van der Waals surface area contributed by atoms with Crippen molar-refractivity contribution in [3.63, 3.8) is 0 Å². The van der Waals surface area contributed by atoms with E-state index < -0.39 is 0 Å². The number of allylic oxidation sites excluding steroid dienone is 1. The SMILES string of the molecule is COc1cc(CNC(C)=CN=C2N=C(Nc3ccccc3)S2)cc(OC)c1OC. The van der Waals surface area contributed by atoms with Gasteiger partial charge in [0.15, 0.2) is 21.8 Å². The lowest BCUT2D eigenvalue weighted by Gasteiger charge is -2.16. The third-order valence-electron chi connectivity index (χ3n) is 4.07. The molecule has 0 unspecified atom stereocenters. The summed E-state index contributed by atoms with van der Waals surface area (Å²) in [4.78, 5) is 8.76. The van der Waals surface area contributed by atoms with Gasteiger partial charge in [0, 0.05) is 24.1 Å². The van der Waals surface area contributed by atoms with Gasteiger partial charge in [-0.05, 0) is 48.5 Å². The second-order valence-electron chi connectivity index (χ2n) is 6.12. The van der Waals surface area contributed by atoms with E-state index in [-0.39, 0.29) is 0 Å². The molecule has 152 valence electrons. The first-order valence-corrected chi connectivity index (χ1v) is 9.80. The zero-order valence-electron chi connectivity index (χ0n) is 16.9. The number of anilines is 1. The minimum Gasteiger partial charge on any atom is -0.493 e. The van der Waals surface area contributed by atoms with Gasteiger partial charge in [-0.3, -0.25) is 0 Å². The third-order valence-corrected chi connectivity index (χ3v) is 4.84. The zero-order valence-corrected chi connectivity index (χ0v) is 17.7. The molecule has 1 aliphatic heterocycles. The molecule has 0 radical (unpaired) electrons. The molecule has 0 saturated carbocycles. The van der Waals surface area contributed by atoms with Crippen molar-refractivity contribution in [1.29, 1.82) is 0 Å². The number of amidine groups is 2. The topological polar surface area (TPSA) is 76.5 Å². The number of nitrogens with zero attached hydrogens (tertiary/aromatic N) is 2. The summed E-state index contributed by atoms with van der Waals surface area (Å²) in [5.74, 6) is 1.84. The molecule has 2 aromatic carbocycles. The molecule has 0 bridgehead atoms. The Hall–Kier alpha value is -3.13. The highest BCUT2D eigenvalue weighted by molar-refractivity contribution is 8.29. The van der Waals surface area contributed by atoms with Gasteiger partial charge in [0.2, 0.25) is 5.75 Å². The van der Waals surface area contributed by atoms with E-state index in [0.717, 1.165) is 27.3 Å². The highest BCUT2D eigenvalue weighted by Gasteiger charge is 2.17. The van der Waals surface area contributed by atoms with Crippen LogP contribution in [0.15, 0.2) is 64.3 Å². The maximum atomic E-state index is 5.39. The molecule has 0 saturated heterocycles. The number of hydrogen-bond acceptors (Lipinski definition) is 7. The van der Waals surface area contributed by atoms with Crippen LogP contribution in [0.25, 0.3) is 0 Å². The lowest BCUT2D eigenvalue weighted by molar-refractivity contribution is 0.323. The number of para-hydroxylation sites is 1. The molecule has 0 fully saturated rings. The smallest absolute Gasteiger partial charge is 0.203 e. The molecule has 1 aliphatic rings. The molecule has 1 heterocycles. The van der Waals surface area contributed by atoms with Crippen molar-refractivity contribution in [2.45, 2.75) is 13.5 Å². The van der Waals surface area contributed by atoms with Crippen LogP contribution >= 0.6 is 11.8 Å². The minimum absolute atomic E-state index is 0.581. The van der Waals surface area contributed by atoms with Crippen LogP contribution in [0.3, 0.4) is 0 Å². The van der Waals surface area contributed by atoms with Gasteiger partial charge in [0.25, 0.3) is 0 Å². The van der Waals surface area contributed by atoms with Gasteiger partial charge in [-0.15, -0.1) is 0 Å². The lowest BCUT2D eigenvalue weighted by Crippen LogP contribution is -2.19. The van der Waals surface area contributed by atoms with Gasteiger partial charge in [-0.2, -0.15) is 4.99 Å². The number of nitrogens with one attached hydrogen (secondary N) is 2. The van der Waals surface area contributed by atoms with Crippen molar-refractivity contribution in [3.8, 4) is 17.2 Å². The van der Waals surface area contributed by atoms with Gasteiger partial charge in [0.05, 0.1) is 21.3 Å². The second-order valence-corrected chi connectivity index (χ2v) is 7.08. The summed E-state index contributed by atoms with van der Waals surface area (Å²) in [6, 6.07) is 13.8. The summed E-state index contributed by atoms with van der Waals surface area (Å²) >= 11 is 1.51. The highest BCUT2D eigenvalue weighted by Crippen LogP contribution is 2.38. The van der Waals surface area contributed by atoms with Gasteiger partial charge in [-0.25, -0.2) is 4.99 Å². The monoisotopic (exact) mass is 412 g/mol. The Morgan fingerprint density at radius 1 is 1.07 bits per heavy atom. The van der Waals surface area contributed by atoms with Crippen molar-refractivity contribution in [2.24, 2.45) is 9.98 Å². The van der Waals surface area contributed by atoms with Gasteiger partial charge >= 0.3 is 0 Å². The maximum absolute atomic E-state index is 5.39. The van der Waals surface area contributed by atoms with Crippen LogP contribution in [-0.4, -0.2) is 31.7 Å². The van der Waals surface area contributed by atoms with Gasteiger partial charge < -0.3 is 24.8 Å². The van der Waals surface area contributed by atoms with Gasteiger partial charge in [-0.1, -0.05) is 18.2 Å². The summed E-state index contributed by atoms with van der Waals surface area (Å²) in [7, 11) is 4.80. The Kier molecular flexibility index (Phi) is 7.02. The normalized spacial score (nSPS) is 14.7. The standard InChI is InChI=1S/C21H24N4O3S/c1-14(12-23-20-25-21(29-20)24-16-8-6-5-7-9-16)22-13-15-10-17(26-2)19(28-4)18(11-15)27-3/h5-12,22H,13H2,1-4H3,(H,23,24,25). The largest absolute Gasteiger partial charge is 0.493 e. The van der Waals surface area contributed by atoms with E-state index in [2.05, 4.69) is 20.6 Å².